The Morgan fingerprint density at radius 1 is 1.08 bits per heavy atom. The minimum atomic E-state index is -0.811. The van der Waals surface area contributed by atoms with Gasteiger partial charge in [-0.1, -0.05) is 47.8 Å². The Labute approximate surface area is 158 Å². The fraction of sp³-hybridized carbons (Fsp3) is 0.450. The number of hydrogen-bond acceptors (Lipinski definition) is 3. The van der Waals surface area contributed by atoms with Gasteiger partial charge in [0.1, 0.15) is 5.60 Å². The first-order valence-corrected chi connectivity index (χ1v) is 9.63. The van der Waals surface area contributed by atoms with Gasteiger partial charge in [0.05, 0.1) is 15.7 Å². The quantitative estimate of drug-likeness (QED) is 0.855. The maximum Gasteiger partial charge on any atom is 0.114 e. The number of fused-ring (bicyclic) bond motifs is 2. The molecule has 1 aliphatic heterocycles. The van der Waals surface area contributed by atoms with Gasteiger partial charge in [-0.2, -0.15) is 0 Å². The fourth-order valence-corrected chi connectivity index (χ4v) is 4.98. The Hall–Kier alpha value is -1.13. The van der Waals surface area contributed by atoms with E-state index in [1.54, 1.807) is 6.20 Å². The summed E-state index contributed by atoms with van der Waals surface area (Å²) in [6.07, 6.45) is 5.02. The molecule has 2 atom stereocenters. The zero-order chi connectivity index (χ0) is 17.4. The van der Waals surface area contributed by atoms with Crippen LogP contribution in [0.1, 0.15) is 30.5 Å². The molecule has 5 heteroatoms. The monoisotopic (exact) mass is 376 g/mol. The summed E-state index contributed by atoms with van der Waals surface area (Å²) in [5.41, 5.74) is 1.06. The summed E-state index contributed by atoms with van der Waals surface area (Å²) in [7, 11) is 0. The van der Waals surface area contributed by atoms with E-state index in [4.69, 9.17) is 23.2 Å². The zero-order valence-electron chi connectivity index (χ0n) is 14.0. The number of nitrogens with zero attached hydrogens (tertiary/aromatic N) is 2. The fourth-order valence-electron chi connectivity index (χ4n) is 4.60. The summed E-state index contributed by atoms with van der Waals surface area (Å²) in [5.74, 6) is 0.403. The SMILES string of the molecule is OC1(c2ccccn2)[C@@H]2CCC[C@@H]1CN(Cc1cccc(Cl)c1Cl)C2. The molecule has 0 unspecified atom stereocenters. The average Bonchev–Trinajstić information content (AvgIpc) is 2.60. The summed E-state index contributed by atoms with van der Waals surface area (Å²) < 4.78 is 0. The van der Waals surface area contributed by atoms with Crippen LogP contribution >= 0.6 is 23.2 Å². The molecular formula is C20H22Cl2N2O. The molecule has 2 aliphatic rings. The Morgan fingerprint density at radius 3 is 2.52 bits per heavy atom. The van der Waals surface area contributed by atoms with Crippen LogP contribution in [0.4, 0.5) is 0 Å². The van der Waals surface area contributed by atoms with E-state index in [2.05, 4.69) is 9.88 Å². The maximum atomic E-state index is 11.6. The van der Waals surface area contributed by atoms with E-state index in [-0.39, 0.29) is 11.8 Å². The molecule has 25 heavy (non-hydrogen) atoms. The number of likely N-dealkylation sites (tertiary alicyclic amines) is 1. The van der Waals surface area contributed by atoms with Gasteiger partial charge in [-0.3, -0.25) is 9.88 Å². The van der Waals surface area contributed by atoms with E-state index in [1.165, 1.54) is 6.42 Å². The molecule has 2 heterocycles. The molecule has 3 nitrogen and oxygen atoms in total. The van der Waals surface area contributed by atoms with Crippen molar-refractivity contribution >= 4 is 23.2 Å². The lowest BCUT2D eigenvalue weighted by Crippen LogP contribution is -2.58. The van der Waals surface area contributed by atoms with Crippen molar-refractivity contribution in [2.75, 3.05) is 13.1 Å². The Morgan fingerprint density at radius 2 is 1.84 bits per heavy atom. The highest BCUT2D eigenvalue weighted by Gasteiger charge is 2.52. The number of aromatic nitrogens is 1. The van der Waals surface area contributed by atoms with Gasteiger partial charge in [0.25, 0.3) is 0 Å². The van der Waals surface area contributed by atoms with E-state index in [9.17, 15) is 5.11 Å². The molecule has 1 aliphatic carbocycles. The van der Waals surface area contributed by atoms with Gasteiger partial charge in [0.15, 0.2) is 0 Å². The molecule has 0 amide bonds. The first kappa shape index (κ1) is 17.3. The third kappa shape index (κ3) is 3.08. The van der Waals surface area contributed by atoms with Crippen LogP contribution in [0.5, 0.6) is 0 Å². The van der Waals surface area contributed by atoms with Crippen LogP contribution in [0, 0.1) is 11.8 Å². The number of piperidine rings is 1. The van der Waals surface area contributed by atoms with Gasteiger partial charge in [-0.25, -0.2) is 0 Å². The van der Waals surface area contributed by atoms with Gasteiger partial charge in [0.2, 0.25) is 0 Å². The van der Waals surface area contributed by atoms with E-state index >= 15 is 0 Å². The summed E-state index contributed by atoms with van der Waals surface area (Å²) in [6, 6.07) is 11.6. The predicted molar refractivity (Wildman–Crippen MR) is 101 cm³/mol. The predicted octanol–water partition coefficient (Wildman–Crippen LogP) is 4.51. The van der Waals surface area contributed by atoms with Crippen molar-refractivity contribution in [2.24, 2.45) is 11.8 Å². The van der Waals surface area contributed by atoms with Crippen molar-refractivity contribution < 1.29 is 5.11 Å². The summed E-state index contributed by atoms with van der Waals surface area (Å²) in [6.45, 7) is 2.48. The second-order valence-electron chi connectivity index (χ2n) is 7.27. The van der Waals surface area contributed by atoms with E-state index in [0.717, 1.165) is 43.7 Å². The number of aliphatic hydroxyl groups is 1. The highest BCUT2D eigenvalue weighted by Crippen LogP contribution is 2.48. The summed E-state index contributed by atoms with van der Waals surface area (Å²) in [5, 5.41) is 12.8. The largest absolute Gasteiger partial charge is 0.383 e. The van der Waals surface area contributed by atoms with Crippen LogP contribution < -0.4 is 0 Å². The standard InChI is InChI=1S/C20H22Cl2N2O/c21-17-8-3-5-14(19(17)22)11-24-12-15-6-4-7-16(13-24)20(15,25)18-9-1-2-10-23-18/h1-3,5,8-10,15-16,25H,4,6-7,11-13H2/t15-,16-/m1/s1. The molecule has 0 radical (unpaired) electrons. The lowest BCUT2D eigenvalue weighted by molar-refractivity contribution is -0.151. The molecule has 2 aromatic rings. The molecular weight excluding hydrogens is 355 g/mol. The first-order chi connectivity index (χ1) is 12.1. The van der Waals surface area contributed by atoms with Crippen molar-refractivity contribution in [2.45, 2.75) is 31.4 Å². The van der Waals surface area contributed by atoms with Crippen molar-refractivity contribution in [1.29, 1.82) is 0 Å². The van der Waals surface area contributed by atoms with Crippen LogP contribution in [0.2, 0.25) is 10.0 Å². The average molecular weight is 377 g/mol. The van der Waals surface area contributed by atoms with Gasteiger partial charge >= 0.3 is 0 Å². The Kier molecular flexibility index (Phi) is 4.76. The van der Waals surface area contributed by atoms with Crippen molar-refractivity contribution in [3.8, 4) is 0 Å². The minimum absolute atomic E-state index is 0.202. The van der Waals surface area contributed by atoms with Crippen LogP contribution in [0.3, 0.4) is 0 Å². The highest BCUT2D eigenvalue weighted by atomic mass is 35.5. The lowest BCUT2D eigenvalue weighted by atomic mass is 9.64. The molecule has 0 spiro atoms. The molecule has 1 saturated carbocycles. The topological polar surface area (TPSA) is 36.4 Å². The van der Waals surface area contributed by atoms with Crippen molar-refractivity contribution in [3.05, 3.63) is 63.9 Å². The van der Waals surface area contributed by atoms with Crippen LogP contribution in [0.25, 0.3) is 0 Å². The van der Waals surface area contributed by atoms with Crippen molar-refractivity contribution in [1.82, 2.24) is 9.88 Å². The van der Waals surface area contributed by atoms with Gasteiger partial charge in [-0.05, 0) is 36.6 Å². The van der Waals surface area contributed by atoms with Gasteiger partial charge in [-0.15, -0.1) is 0 Å². The molecule has 4 rings (SSSR count). The van der Waals surface area contributed by atoms with Gasteiger partial charge in [0, 0.05) is 37.7 Å². The smallest absolute Gasteiger partial charge is 0.114 e. The van der Waals surface area contributed by atoms with E-state index < -0.39 is 5.60 Å². The molecule has 1 aromatic heterocycles. The molecule has 1 aromatic carbocycles. The molecule has 1 saturated heterocycles. The van der Waals surface area contributed by atoms with E-state index in [1.807, 2.05) is 36.4 Å². The molecule has 132 valence electrons. The van der Waals surface area contributed by atoms with Gasteiger partial charge < -0.3 is 5.11 Å². The second-order valence-corrected chi connectivity index (χ2v) is 8.06. The third-order valence-corrected chi connectivity index (χ3v) is 6.67. The number of benzene rings is 1. The minimum Gasteiger partial charge on any atom is -0.383 e. The number of halogens is 2. The first-order valence-electron chi connectivity index (χ1n) is 8.88. The second kappa shape index (κ2) is 6.88. The zero-order valence-corrected chi connectivity index (χ0v) is 15.5. The maximum absolute atomic E-state index is 11.6. The molecule has 2 fully saturated rings. The summed E-state index contributed by atoms with van der Waals surface area (Å²) >= 11 is 12.5. The highest BCUT2D eigenvalue weighted by molar-refractivity contribution is 6.42. The molecule has 2 bridgehead atoms. The summed E-state index contributed by atoms with van der Waals surface area (Å²) in [4.78, 5) is 6.89. The lowest BCUT2D eigenvalue weighted by Gasteiger charge is -2.52. The van der Waals surface area contributed by atoms with Crippen molar-refractivity contribution in [3.63, 3.8) is 0 Å². The normalized spacial score (nSPS) is 29.6. The van der Waals surface area contributed by atoms with Crippen LogP contribution in [-0.2, 0) is 12.1 Å². The number of hydrogen-bond donors (Lipinski definition) is 1. The van der Waals surface area contributed by atoms with Crippen LogP contribution in [-0.4, -0.2) is 28.1 Å². The number of pyridine rings is 1. The molecule has 1 N–H and O–H groups in total. The Balaban J connectivity index is 1.58. The Bertz CT molecular complexity index is 739. The number of rotatable bonds is 3. The van der Waals surface area contributed by atoms with E-state index in [0.29, 0.717) is 10.0 Å². The van der Waals surface area contributed by atoms with Crippen LogP contribution in [0.15, 0.2) is 42.6 Å². The third-order valence-electron chi connectivity index (χ3n) is 5.81.